The van der Waals surface area contributed by atoms with Gasteiger partial charge in [-0.15, -0.1) is 0 Å². The van der Waals surface area contributed by atoms with Crippen molar-refractivity contribution in [3.63, 3.8) is 0 Å². The van der Waals surface area contributed by atoms with Crippen LogP contribution in [0.2, 0.25) is 0 Å². The molecule has 2 fully saturated rings. The highest BCUT2D eigenvalue weighted by atomic mass is 16.6. The summed E-state index contributed by atoms with van der Waals surface area (Å²) in [5.74, 6) is -3.82. The third-order valence-electron chi connectivity index (χ3n) is 9.48. The van der Waals surface area contributed by atoms with E-state index >= 15 is 0 Å². The molecule has 46 heavy (non-hydrogen) atoms. The number of likely N-dealkylation sites (tertiary alicyclic amines) is 1. The molecule has 4 aliphatic rings. The number of cyclic esters (lactones) is 1. The summed E-state index contributed by atoms with van der Waals surface area (Å²) in [6, 6.07) is 16.2. The Morgan fingerprint density at radius 3 is 2.35 bits per heavy atom. The van der Waals surface area contributed by atoms with Gasteiger partial charge in [-0.1, -0.05) is 85.0 Å². The summed E-state index contributed by atoms with van der Waals surface area (Å²) >= 11 is 0. The molecule has 2 saturated heterocycles. The molecule has 242 valence electrons. The second-order valence-electron chi connectivity index (χ2n) is 13.3. The van der Waals surface area contributed by atoms with Crippen molar-refractivity contribution >= 4 is 23.7 Å². The maximum atomic E-state index is 14.8. The van der Waals surface area contributed by atoms with Gasteiger partial charge in [0.25, 0.3) is 0 Å². The standard InChI is InChI=1S/C36H41N3O7/c1-35(2,3)38-20-12-19-36-30(32(42)39(31(36)33(38)43)25(22-40)23-13-6-4-7-14-23)29-26(46-36)17-10-11-18-28(41)37-21-27(45-34(29)44)24-15-8-5-9-16-24/h4-10,12-17,19,25-27,29-31,40H,11,18,20-22H2,1-3H3,(H,37,41)/b17-10-/t25-,26-,27+,29+,30+,31-,36+/m1/s1. The van der Waals surface area contributed by atoms with Crippen LogP contribution in [0.15, 0.2) is 85.0 Å². The Morgan fingerprint density at radius 1 is 0.978 bits per heavy atom. The fraction of sp³-hybridized carbons (Fsp3) is 0.444. The Kier molecular flexibility index (Phi) is 8.60. The van der Waals surface area contributed by atoms with E-state index in [9.17, 15) is 24.3 Å². The molecule has 10 nitrogen and oxygen atoms in total. The van der Waals surface area contributed by atoms with Crippen LogP contribution in [0.4, 0.5) is 0 Å². The predicted molar refractivity (Wildman–Crippen MR) is 169 cm³/mol. The van der Waals surface area contributed by atoms with E-state index in [4.69, 9.17) is 9.47 Å². The number of ether oxygens (including phenoxy) is 2. The molecule has 0 aromatic heterocycles. The highest BCUT2D eigenvalue weighted by Gasteiger charge is 2.73. The number of hydrogen-bond acceptors (Lipinski definition) is 7. The van der Waals surface area contributed by atoms with E-state index < -0.39 is 65.8 Å². The predicted octanol–water partition coefficient (Wildman–Crippen LogP) is 3.25. The minimum Gasteiger partial charge on any atom is -0.455 e. The van der Waals surface area contributed by atoms with Gasteiger partial charge >= 0.3 is 5.97 Å². The fourth-order valence-electron chi connectivity index (χ4n) is 7.31. The zero-order valence-electron chi connectivity index (χ0n) is 26.4. The second-order valence-corrected chi connectivity index (χ2v) is 13.3. The Labute approximate surface area is 269 Å². The van der Waals surface area contributed by atoms with Crippen molar-refractivity contribution in [3.05, 3.63) is 96.1 Å². The van der Waals surface area contributed by atoms with Crippen molar-refractivity contribution in [2.45, 2.75) is 69.0 Å². The summed E-state index contributed by atoms with van der Waals surface area (Å²) < 4.78 is 12.9. The first-order chi connectivity index (χ1) is 22.1. The van der Waals surface area contributed by atoms with Gasteiger partial charge in [0.15, 0.2) is 0 Å². The van der Waals surface area contributed by atoms with Gasteiger partial charge in [0.05, 0.1) is 31.2 Å². The van der Waals surface area contributed by atoms with Gasteiger partial charge in [-0.3, -0.25) is 19.2 Å². The van der Waals surface area contributed by atoms with Crippen LogP contribution in [0.25, 0.3) is 0 Å². The number of hydrogen-bond donors (Lipinski definition) is 2. The largest absolute Gasteiger partial charge is 0.455 e. The maximum absolute atomic E-state index is 14.8. The Morgan fingerprint density at radius 2 is 1.67 bits per heavy atom. The van der Waals surface area contributed by atoms with E-state index in [1.165, 1.54) is 4.90 Å². The van der Waals surface area contributed by atoms with E-state index in [-0.39, 0.29) is 31.3 Å². The molecule has 0 bridgehead atoms. The number of amides is 3. The van der Waals surface area contributed by atoms with E-state index in [0.29, 0.717) is 17.5 Å². The maximum Gasteiger partial charge on any atom is 0.313 e. The third-order valence-corrected chi connectivity index (χ3v) is 9.48. The lowest BCUT2D eigenvalue weighted by atomic mass is 9.77. The first-order valence-electron chi connectivity index (χ1n) is 15.9. The van der Waals surface area contributed by atoms with Crippen LogP contribution >= 0.6 is 0 Å². The quantitative estimate of drug-likeness (QED) is 0.394. The number of carbonyl (C=O) groups excluding carboxylic acids is 4. The zero-order chi connectivity index (χ0) is 32.6. The number of aliphatic hydroxyl groups is 1. The van der Waals surface area contributed by atoms with Crippen molar-refractivity contribution in [1.29, 1.82) is 0 Å². The summed E-state index contributed by atoms with van der Waals surface area (Å²) in [6.07, 6.45) is 6.02. The van der Waals surface area contributed by atoms with Crippen LogP contribution in [0.1, 0.15) is 56.9 Å². The first kappa shape index (κ1) is 31.7. The van der Waals surface area contributed by atoms with Crippen molar-refractivity contribution in [3.8, 4) is 0 Å². The molecule has 2 N–H and O–H groups in total. The number of nitrogens with zero attached hydrogens (tertiary/aromatic N) is 2. The second kappa shape index (κ2) is 12.5. The smallest absolute Gasteiger partial charge is 0.313 e. The van der Waals surface area contributed by atoms with Crippen LogP contribution in [-0.4, -0.2) is 81.6 Å². The average molecular weight is 628 g/mol. The van der Waals surface area contributed by atoms with Gasteiger partial charge in [-0.25, -0.2) is 0 Å². The zero-order valence-corrected chi connectivity index (χ0v) is 26.4. The average Bonchev–Trinajstić information content (AvgIpc) is 3.42. The molecule has 0 saturated carbocycles. The molecule has 0 radical (unpaired) electrons. The number of carbonyl (C=O) groups is 4. The molecule has 4 aliphatic heterocycles. The van der Waals surface area contributed by atoms with E-state index in [1.807, 2.05) is 87.5 Å². The number of aliphatic hydroxyl groups excluding tert-OH is 1. The molecule has 2 aromatic carbocycles. The normalized spacial score (nSPS) is 31.4. The summed E-state index contributed by atoms with van der Waals surface area (Å²) in [5, 5.41) is 13.6. The van der Waals surface area contributed by atoms with Crippen LogP contribution < -0.4 is 5.32 Å². The summed E-state index contributed by atoms with van der Waals surface area (Å²) in [4.78, 5) is 59.6. The Bertz CT molecular complexity index is 1540. The van der Waals surface area contributed by atoms with E-state index in [2.05, 4.69) is 5.32 Å². The molecule has 6 rings (SSSR count). The monoisotopic (exact) mass is 627 g/mol. The highest BCUT2D eigenvalue weighted by Crippen LogP contribution is 2.55. The molecular formula is C36H41N3O7. The van der Waals surface area contributed by atoms with Crippen LogP contribution in [0.3, 0.4) is 0 Å². The van der Waals surface area contributed by atoms with Gasteiger partial charge < -0.3 is 29.7 Å². The minimum absolute atomic E-state index is 0.0641. The molecule has 1 spiro atoms. The lowest BCUT2D eigenvalue weighted by Gasteiger charge is -2.42. The Balaban J connectivity index is 1.48. The number of nitrogens with one attached hydrogen (secondary N) is 1. The van der Waals surface area contributed by atoms with Gasteiger partial charge in [-0.2, -0.15) is 0 Å². The van der Waals surface area contributed by atoms with Gasteiger partial charge in [-0.05, 0) is 38.3 Å². The summed E-state index contributed by atoms with van der Waals surface area (Å²) in [5.41, 5.74) is -0.740. The Hall–Kier alpha value is -4.28. The molecule has 4 heterocycles. The molecule has 0 aliphatic carbocycles. The number of rotatable bonds is 4. The van der Waals surface area contributed by atoms with Crippen LogP contribution in [-0.2, 0) is 28.7 Å². The number of allylic oxidation sites excluding steroid dienone is 1. The summed E-state index contributed by atoms with van der Waals surface area (Å²) in [6.45, 7) is 5.70. The van der Waals surface area contributed by atoms with Gasteiger partial charge in [0, 0.05) is 18.5 Å². The lowest BCUT2D eigenvalue weighted by Crippen LogP contribution is -2.59. The number of benzene rings is 2. The van der Waals surface area contributed by atoms with Crippen LogP contribution in [0, 0.1) is 11.8 Å². The summed E-state index contributed by atoms with van der Waals surface area (Å²) in [7, 11) is 0. The first-order valence-corrected chi connectivity index (χ1v) is 15.9. The molecule has 3 amide bonds. The van der Waals surface area contributed by atoms with Crippen molar-refractivity contribution in [2.24, 2.45) is 11.8 Å². The molecule has 7 atom stereocenters. The van der Waals surface area contributed by atoms with Gasteiger partial charge in [0.2, 0.25) is 17.7 Å². The highest BCUT2D eigenvalue weighted by molar-refractivity contribution is 5.99. The van der Waals surface area contributed by atoms with Crippen molar-refractivity contribution in [1.82, 2.24) is 15.1 Å². The molecule has 0 unspecified atom stereocenters. The number of esters is 1. The van der Waals surface area contributed by atoms with E-state index in [0.717, 1.165) is 0 Å². The molecule has 10 heteroatoms. The van der Waals surface area contributed by atoms with Gasteiger partial charge in [0.1, 0.15) is 23.7 Å². The molecule has 2 aromatic rings. The van der Waals surface area contributed by atoms with E-state index in [1.54, 1.807) is 23.1 Å². The van der Waals surface area contributed by atoms with Crippen molar-refractivity contribution < 1.29 is 33.8 Å². The fourth-order valence-corrected chi connectivity index (χ4v) is 7.31. The topological polar surface area (TPSA) is 125 Å². The number of fused-ring (bicyclic) bond motifs is 2. The minimum atomic E-state index is -1.51. The molecular weight excluding hydrogens is 586 g/mol. The van der Waals surface area contributed by atoms with Crippen molar-refractivity contribution in [2.75, 3.05) is 19.7 Å². The third kappa shape index (κ3) is 5.54. The lowest BCUT2D eigenvalue weighted by molar-refractivity contribution is -0.161. The van der Waals surface area contributed by atoms with Crippen LogP contribution in [0.5, 0.6) is 0 Å². The SMILES string of the molecule is CC(C)(C)N1CC=C[C@]23O[C@@H]4/C=C\CCC(=O)NC[C@@H](c5ccccc5)OC(=O)[C@@H]4[C@H]2C(=O)N([C@H](CO)c2ccccc2)[C@@H]3C1=O.